The average molecular weight is 380 g/mol. The van der Waals surface area contributed by atoms with Crippen molar-refractivity contribution in [2.45, 2.75) is 25.4 Å². The number of nitrogens with zero attached hydrogens (tertiary/aromatic N) is 4. The van der Waals surface area contributed by atoms with E-state index in [-0.39, 0.29) is 6.04 Å². The molecule has 3 heterocycles. The minimum atomic E-state index is 0.158. The van der Waals surface area contributed by atoms with Crippen LogP contribution in [0.5, 0.6) is 5.88 Å². The molecule has 1 aliphatic rings. The molecule has 1 saturated heterocycles. The van der Waals surface area contributed by atoms with Gasteiger partial charge in [0.1, 0.15) is 6.61 Å². The summed E-state index contributed by atoms with van der Waals surface area (Å²) in [5, 5.41) is 4.16. The lowest BCUT2D eigenvalue weighted by molar-refractivity contribution is 0.144. The van der Waals surface area contributed by atoms with Gasteiger partial charge in [0.25, 0.3) is 0 Å². The molecule has 4 rings (SSSR count). The van der Waals surface area contributed by atoms with Crippen LogP contribution in [0.1, 0.15) is 30.3 Å². The maximum absolute atomic E-state index is 5.60. The van der Waals surface area contributed by atoms with E-state index in [1.807, 2.05) is 12.1 Å². The van der Waals surface area contributed by atoms with Gasteiger partial charge in [0.2, 0.25) is 17.6 Å². The third kappa shape index (κ3) is 4.37. The van der Waals surface area contributed by atoms with Crippen molar-refractivity contribution in [3.8, 4) is 17.3 Å². The van der Waals surface area contributed by atoms with Crippen LogP contribution in [0.4, 0.5) is 0 Å². The molecule has 1 aromatic carbocycles. The standard InChI is InChI=1S/C21H24N4O3/c1-26-12-13-27-19-10-9-17(14-22-19)20-23-21(28-24-20)18-8-5-11-25(18)15-16-6-3-2-4-7-16/h2-4,6-7,9-10,14,18H,5,8,11-13,15H2,1H3/t18-/m0/s1. The first-order chi connectivity index (χ1) is 13.8. The summed E-state index contributed by atoms with van der Waals surface area (Å²) in [5.74, 6) is 1.77. The largest absolute Gasteiger partial charge is 0.475 e. The lowest BCUT2D eigenvalue weighted by Gasteiger charge is -2.21. The summed E-state index contributed by atoms with van der Waals surface area (Å²) >= 11 is 0. The Kier molecular flexibility index (Phi) is 5.94. The van der Waals surface area contributed by atoms with Crippen LogP contribution in [0, 0.1) is 0 Å². The van der Waals surface area contributed by atoms with E-state index in [4.69, 9.17) is 14.0 Å². The molecule has 0 amide bonds. The lowest BCUT2D eigenvalue weighted by atomic mass is 10.2. The summed E-state index contributed by atoms with van der Waals surface area (Å²) in [6, 6.07) is 14.3. The summed E-state index contributed by atoms with van der Waals surface area (Å²) in [5.41, 5.74) is 2.10. The molecule has 1 aliphatic heterocycles. The molecule has 0 N–H and O–H groups in total. The molecule has 0 aliphatic carbocycles. The number of hydrogen-bond donors (Lipinski definition) is 0. The molecule has 0 bridgehead atoms. The summed E-state index contributed by atoms with van der Waals surface area (Å²) in [6.45, 7) is 2.91. The zero-order valence-corrected chi connectivity index (χ0v) is 16.0. The van der Waals surface area contributed by atoms with E-state index >= 15 is 0 Å². The van der Waals surface area contributed by atoms with Crippen molar-refractivity contribution in [1.29, 1.82) is 0 Å². The quantitative estimate of drug-likeness (QED) is 0.554. The first-order valence-corrected chi connectivity index (χ1v) is 9.53. The maximum atomic E-state index is 5.60. The molecule has 0 radical (unpaired) electrons. The zero-order chi connectivity index (χ0) is 19.2. The molecule has 7 nitrogen and oxygen atoms in total. The van der Waals surface area contributed by atoms with Gasteiger partial charge < -0.3 is 14.0 Å². The number of hydrogen-bond acceptors (Lipinski definition) is 7. The minimum Gasteiger partial charge on any atom is -0.475 e. The smallest absolute Gasteiger partial charge is 0.244 e. The Morgan fingerprint density at radius 3 is 2.82 bits per heavy atom. The van der Waals surface area contributed by atoms with Crippen LogP contribution in [0.2, 0.25) is 0 Å². The van der Waals surface area contributed by atoms with Gasteiger partial charge in [-0.25, -0.2) is 4.98 Å². The number of pyridine rings is 1. The Morgan fingerprint density at radius 2 is 2.04 bits per heavy atom. The second kappa shape index (κ2) is 8.95. The molecule has 28 heavy (non-hydrogen) atoms. The highest BCUT2D eigenvalue weighted by Gasteiger charge is 2.30. The lowest BCUT2D eigenvalue weighted by Crippen LogP contribution is -2.22. The SMILES string of the molecule is COCCOc1ccc(-c2noc([C@@H]3CCCN3Cc3ccccc3)n2)cn1. The van der Waals surface area contributed by atoms with Crippen molar-refractivity contribution in [2.75, 3.05) is 26.9 Å². The molecule has 3 aromatic rings. The van der Waals surface area contributed by atoms with Crippen LogP contribution in [0.15, 0.2) is 53.2 Å². The van der Waals surface area contributed by atoms with Crippen molar-refractivity contribution in [2.24, 2.45) is 0 Å². The zero-order valence-electron chi connectivity index (χ0n) is 16.0. The topological polar surface area (TPSA) is 73.5 Å². The number of rotatable bonds is 8. The van der Waals surface area contributed by atoms with Crippen molar-refractivity contribution in [3.63, 3.8) is 0 Å². The molecule has 7 heteroatoms. The van der Waals surface area contributed by atoms with E-state index in [1.165, 1.54) is 5.56 Å². The highest BCUT2D eigenvalue weighted by atomic mass is 16.5. The Balaban J connectivity index is 1.43. The van der Waals surface area contributed by atoms with Gasteiger partial charge in [0.05, 0.1) is 12.6 Å². The molecule has 146 valence electrons. The number of methoxy groups -OCH3 is 1. The number of benzene rings is 1. The van der Waals surface area contributed by atoms with Gasteiger partial charge in [-0.3, -0.25) is 4.90 Å². The van der Waals surface area contributed by atoms with E-state index < -0.39 is 0 Å². The van der Waals surface area contributed by atoms with Crippen molar-refractivity contribution in [1.82, 2.24) is 20.0 Å². The predicted octanol–water partition coefficient (Wildman–Crippen LogP) is 3.49. The molecule has 0 unspecified atom stereocenters. The fraction of sp³-hybridized carbons (Fsp3) is 0.381. The summed E-state index contributed by atoms with van der Waals surface area (Å²) in [6.07, 6.45) is 3.86. The van der Waals surface area contributed by atoms with Gasteiger partial charge in [-0.1, -0.05) is 35.5 Å². The number of ether oxygens (including phenoxy) is 2. The average Bonchev–Trinajstić information content (AvgIpc) is 3.39. The first-order valence-electron chi connectivity index (χ1n) is 9.53. The second-order valence-electron chi connectivity index (χ2n) is 6.80. The van der Waals surface area contributed by atoms with Gasteiger partial charge >= 0.3 is 0 Å². The van der Waals surface area contributed by atoms with Crippen LogP contribution in [-0.2, 0) is 11.3 Å². The Hall–Kier alpha value is -2.77. The normalized spacial score (nSPS) is 17.1. The first kappa shape index (κ1) is 18.6. The van der Waals surface area contributed by atoms with Crippen LogP contribution in [0.3, 0.4) is 0 Å². The minimum absolute atomic E-state index is 0.158. The van der Waals surface area contributed by atoms with Crippen LogP contribution in [-0.4, -0.2) is 46.9 Å². The van der Waals surface area contributed by atoms with Gasteiger partial charge in [-0.2, -0.15) is 4.98 Å². The van der Waals surface area contributed by atoms with E-state index in [9.17, 15) is 0 Å². The van der Waals surface area contributed by atoms with Crippen molar-refractivity contribution in [3.05, 3.63) is 60.1 Å². The highest BCUT2D eigenvalue weighted by molar-refractivity contribution is 5.53. The number of aromatic nitrogens is 3. The monoisotopic (exact) mass is 380 g/mol. The van der Waals surface area contributed by atoms with E-state index in [0.717, 1.165) is 31.5 Å². The van der Waals surface area contributed by atoms with Crippen molar-refractivity contribution >= 4 is 0 Å². The van der Waals surface area contributed by atoms with E-state index in [1.54, 1.807) is 19.4 Å². The number of likely N-dealkylation sites (tertiary alicyclic amines) is 1. The molecule has 1 atom stereocenters. The molecular formula is C21H24N4O3. The third-order valence-electron chi connectivity index (χ3n) is 4.85. The fourth-order valence-electron chi connectivity index (χ4n) is 3.43. The second-order valence-corrected chi connectivity index (χ2v) is 6.80. The third-order valence-corrected chi connectivity index (χ3v) is 4.85. The van der Waals surface area contributed by atoms with Crippen LogP contribution in [0.25, 0.3) is 11.4 Å². The Morgan fingerprint density at radius 1 is 1.14 bits per heavy atom. The molecule has 1 fully saturated rings. The van der Waals surface area contributed by atoms with Gasteiger partial charge in [0, 0.05) is 31.5 Å². The highest BCUT2D eigenvalue weighted by Crippen LogP contribution is 2.33. The van der Waals surface area contributed by atoms with Crippen LogP contribution >= 0.6 is 0 Å². The Labute approximate surface area is 164 Å². The molecule has 0 saturated carbocycles. The van der Waals surface area contributed by atoms with Gasteiger partial charge in [-0.15, -0.1) is 0 Å². The molecule has 2 aromatic heterocycles. The summed E-state index contributed by atoms with van der Waals surface area (Å²) in [4.78, 5) is 11.3. The van der Waals surface area contributed by atoms with Gasteiger partial charge in [-0.05, 0) is 31.0 Å². The Bertz CT molecular complexity index is 867. The molecular weight excluding hydrogens is 356 g/mol. The summed E-state index contributed by atoms with van der Waals surface area (Å²) < 4.78 is 16.1. The molecule has 0 spiro atoms. The maximum Gasteiger partial charge on any atom is 0.244 e. The van der Waals surface area contributed by atoms with E-state index in [0.29, 0.717) is 30.8 Å². The fourth-order valence-corrected chi connectivity index (χ4v) is 3.43. The van der Waals surface area contributed by atoms with Crippen LogP contribution < -0.4 is 4.74 Å². The van der Waals surface area contributed by atoms with Crippen molar-refractivity contribution < 1.29 is 14.0 Å². The van der Waals surface area contributed by atoms with E-state index in [2.05, 4.69) is 44.3 Å². The predicted molar refractivity (Wildman–Crippen MR) is 104 cm³/mol. The van der Waals surface area contributed by atoms with Gasteiger partial charge in [0.15, 0.2) is 0 Å². The summed E-state index contributed by atoms with van der Waals surface area (Å²) in [7, 11) is 1.64.